The second kappa shape index (κ2) is 5.71. The number of amides is 1. The first-order chi connectivity index (χ1) is 8.50. The zero-order chi connectivity index (χ0) is 13.8. The van der Waals surface area contributed by atoms with Gasteiger partial charge in [0, 0.05) is 6.42 Å². The van der Waals surface area contributed by atoms with Crippen LogP contribution >= 0.6 is 0 Å². The molecule has 0 unspecified atom stereocenters. The number of carboxylic acids is 1. The Hall–Kier alpha value is -1.78. The van der Waals surface area contributed by atoms with Crippen LogP contribution in [0.25, 0.3) is 0 Å². The molecule has 0 saturated heterocycles. The first-order valence-corrected chi connectivity index (χ1v) is 6.13. The normalized spacial score (nSPS) is 11.3. The molecule has 0 bridgehead atoms. The first-order valence-electron chi connectivity index (χ1n) is 6.13. The Labute approximate surface area is 106 Å². The van der Waals surface area contributed by atoms with Gasteiger partial charge in [-0.3, -0.25) is 4.79 Å². The molecular formula is C13H19NO4. The van der Waals surface area contributed by atoms with Crippen molar-refractivity contribution in [1.82, 2.24) is 5.32 Å². The van der Waals surface area contributed by atoms with Crippen molar-refractivity contribution in [3.05, 3.63) is 23.7 Å². The monoisotopic (exact) mass is 253 g/mol. The lowest BCUT2D eigenvalue weighted by atomic mass is 9.92. The molecule has 0 aliphatic heterocycles. The van der Waals surface area contributed by atoms with Crippen LogP contribution in [0, 0.1) is 0 Å². The van der Waals surface area contributed by atoms with Gasteiger partial charge in [-0.1, -0.05) is 20.8 Å². The Balaban J connectivity index is 2.95. The summed E-state index contributed by atoms with van der Waals surface area (Å²) in [6, 6.07) is 1.56. The van der Waals surface area contributed by atoms with E-state index in [9.17, 15) is 14.7 Å². The largest absolute Gasteiger partial charge is 0.480 e. The summed E-state index contributed by atoms with van der Waals surface area (Å²) in [4.78, 5) is 23.4. The van der Waals surface area contributed by atoms with Gasteiger partial charge in [0.15, 0.2) is 0 Å². The van der Waals surface area contributed by atoms with Crippen molar-refractivity contribution in [1.29, 1.82) is 0 Å². The van der Waals surface area contributed by atoms with E-state index in [0.29, 0.717) is 30.6 Å². The van der Waals surface area contributed by atoms with Crippen molar-refractivity contribution in [2.24, 2.45) is 0 Å². The van der Waals surface area contributed by atoms with E-state index in [1.54, 1.807) is 19.9 Å². The average molecular weight is 253 g/mol. The number of hydrogen-bond acceptors (Lipinski definition) is 3. The van der Waals surface area contributed by atoms with E-state index in [-0.39, 0.29) is 0 Å². The molecule has 1 rings (SSSR count). The van der Waals surface area contributed by atoms with Crippen LogP contribution in [-0.2, 0) is 11.2 Å². The van der Waals surface area contributed by atoms with Crippen LogP contribution in [0.3, 0.4) is 0 Å². The van der Waals surface area contributed by atoms with Gasteiger partial charge in [-0.25, -0.2) is 4.79 Å². The van der Waals surface area contributed by atoms with Gasteiger partial charge in [0.25, 0.3) is 5.91 Å². The number of furan rings is 1. The van der Waals surface area contributed by atoms with Crippen LogP contribution in [-0.4, -0.2) is 22.5 Å². The lowest BCUT2D eigenvalue weighted by Gasteiger charge is -2.27. The zero-order valence-electron chi connectivity index (χ0n) is 10.9. The molecule has 0 fully saturated rings. The number of aliphatic carboxylic acids is 1. The van der Waals surface area contributed by atoms with Crippen molar-refractivity contribution < 1.29 is 19.1 Å². The molecule has 0 aliphatic rings. The molecule has 0 saturated carbocycles. The standard InChI is InChI=1S/C13H19NO4/c1-4-10-9(7-8-18-10)11(15)14-13(5-2,6-3)12(16)17/h7-8H,4-6H2,1-3H3,(H,14,15)(H,16,17). The molecule has 0 aliphatic carbocycles. The number of aryl methyl sites for hydroxylation is 1. The van der Waals surface area contributed by atoms with E-state index in [1.165, 1.54) is 6.26 Å². The lowest BCUT2D eigenvalue weighted by Crippen LogP contribution is -2.53. The number of carbonyl (C=O) groups is 2. The van der Waals surface area contributed by atoms with Gasteiger partial charge in [0.2, 0.25) is 0 Å². The fourth-order valence-corrected chi connectivity index (χ4v) is 1.88. The van der Waals surface area contributed by atoms with E-state index >= 15 is 0 Å². The predicted molar refractivity (Wildman–Crippen MR) is 66.5 cm³/mol. The van der Waals surface area contributed by atoms with Crippen LogP contribution in [0.4, 0.5) is 0 Å². The van der Waals surface area contributed by atoms with Crippen LogP contribution in [0.2, 0.25) is 0 Å². The van der Waals surface area contributed by atoms with Gasteiger partial charge in [-0.15, -0.1) is 0 Å². The fraction of sp³-hybridized carbons (Fsp3) is 0.538. The third-order valence-corrected chi connectivity index (χ3v) is 3.28. The molecule has 1 heterocycles. The number of carbonyl (C=O) groups excluding carboxylic acids is 1. The predicted octanol–water partition coefficient (Wildman–Crippen LogP) is 2.22. The van der Waals surface area contributed by atoms with E-state index in [0.717, 1.165) is 0 Å². The topological polar surface area (TPSA) is 79.5 Å². The molecule has 0 aromatic carbocycles. The quantitative estimate of drug-likeness (QED) is 0.814. The molecule has 100 valence electrons. The van der Waals surface area contributed by atoms with Crippen LogP contribution in [0.5, 0.6) is 0 Å². The summed E-state index contributed by atoms with van der Waals surface area (Å²) >= 11 is 0. The van der Waals surface area contributed by atoms with Crippen molar-refractivity contribution in [2.45, 2.75) is 45.6 Å². The Morgan fingerprint density at radius 1 is 1.33 bits per heavy atom. The molecule has 18 heavy (non-hydrogen) atoms. The maximum atomic E-state index is 12.1. The molecule has 5 nitrogen and oxygen atoms in total. The molecule has 1 aromatic rings. The Morgan fingerprint density at radius 3 is 2.39 bits per heavy atom. The van der Waals surface area contributed by atoms with E-state index < -0.39 is 17.4 Å². The first kappa shape index (κ1) is 14.3. The van der Waals surface area contributed by atoms with Gasteiger partial charge in [-0.05, 0) is 18.9 Å². The minimum absolute atomic E-state index is 0.337. The summed E-state index contributed by atoms with van der Waals surface area (Å²) in [6.45, 7) is 5.36. The summed E-state index contributed by atoms with van der Waals surface area (Å²) in [5, 5.41) is 11.9. The molecule has 1 amide bonds. The molecule has 1 aromatic heterocycles. The number of rotatable bonds is 6. The third kappa shape index (κ3) is 2.55. The maximum Gasteiger partial charge on any atom is 0.329 e. The van der Waals surface area contributed by atoms with Crippen molar-refractivity contribution >= 4 is 11.9 Å². The minimum Gasteiger partial charge on any atom is -0.480 e. The minimum atomic E-state index is -1.21. The molecule has 0 spiro atoms. The van der Waals surface area contributed by atoms with Gasteiger partial charge in [0.1, 0.15) is 11.3 Å². The van der Waals surface area contributed by atoms with Gasteiger partial charge in [-0.2, -0.15) is 0 Å². The molecular weight excluding hydrogens is 234 g/mol. The highest BCUT2D eigenvalue weighted by Crippen LogP contribution is 2.18. The summed E-state index contributed by atoms with van der Waals surface area (Å²) < 4.78 is 5.17. The lowest BCUT2D eigenvalue weighted by molar-refractivity contribution is -0.144. The van der Waals surface area contributed by atoms with Crippen LogP contribution < -0.4 is 5.32 Å². The zero-order valence-corrected chi connectivity index (χ0v) is 10.9. The van der Waals surface area contributed by atoms with Gasteiger partial charge < -0.3 is 14.8 Å². The Kier molecular flexibility index (Phi) is 4.53. The molecule has 5 heteroatoms. The summed E-state index contributed by atoms with van der Waals surface area (Å²) in [7, 11) is 0. The maximum absolute atomic E-state index is 12.1. The van der Waals surface area contributed by atoms with E-state index in [1.807, 2.05) is 6.92 Å². The van der Waals surface area contributed by atoms with E-state index in [4.69, 9.17) is 4.42 Å². The number of hydrogen-bond donors (Lipinski definition) is 2. The second-order valence-corrected chi connectivity index (χ2v) is 4.16. The average Bonchev–Trinajstić information content (AvgIpc) is 2.83. The van der Waals surface area contributed by atoms with Crippen molar-refractivity contribution in [3.8, 4) is 0 Å². The number of carboxylic acid groups (broad SMARTS) is 1. The molecule has 0 atom stereocenters. The molecule has 0 radical (unpaired) electrons. The second-order valence-electron chi connectivity index (χ2n) is 4.16. The summed E-state index contributed by atoms with van der Waals surface area (Å²) in [5.41, 5.74) is -0.802. The smallest absolute Gasteiger partial charge is 0.329 e. The number of nitrogens with one attached hydrogen (secondary N) is 1. The van der Waals surface area contributed by atoms with Crippen LogP contribution in [0.15, 0.2) is 16.7 Å². The summed E-state index contributed by atoms with van der Waals surface area (Å²) in [6.07, 6.45) is 2.70. The SMILES string of the molecule is CCc1occc1C(=O)NC(CC)(CC)C(=O)O. The van der Waals surface area contributed by atoms with Crippen LogP contribution in [0.1, 0.15) is 49.7 Å². The van der Waals surface area contributed by atoms with Crippen molar-refractivity contribution in [3.63, 3.8) is 0 Å². The highest BCUT2D eigenvalue weighted by Gasteiger charge is 2.37. The highest BCUT2D eigenvalue weighted by atomic mass is 16.4. The van der Waals surface area contributed by atoms with Gasteiger partial charge >= 0.3 is 5.97 Å². The van der Waals surface area contributed by atoms with Gasteiger partial charge in [0.05, 0.1) is 11.8 Å². The highest BCUT2D eigenvalue weighted by molar-refractivity contribution is 5.98. The van der Waals surface area contributed by atoms with E-state index in [2.05, 4.69) is 5.32 Å². The Bertz CT molecular complexity index is 432. The Morgan fingerprint density at radius 2 is 1.94 bits per heavy atom. The fourth-order valence-electron chi connectivity index (χ4n) is 1.88. The van der Waals surface area contributed by atoms with Crippen molar-refractivity contribution in [2.75, 3.05) is 0 Å². The third-order valence-electron chi connectivity index (χ3n) is 3.28. The summed E-state index contributed by atoms with van der Waals surface area (Å²) in [5.74, 6) is -0.840. The molecule has 2 N–H and O–H groups in total.